The standard InChI is InChI=1S/C24H29NO2/c1-4-5-14-27-23-12-9-22(10-13-23)25-17-18(2)19-6-7-21-16-24(26-3)11-8-20(21)15-19/h6-13,15-16,18,25H,4-5,14,17H2,1-3H3. The van der Waals surface area contributed by atoms with Crippen molar-refractivity contribution in [2.24, 2.45) is 0 Å². The highest BCUT2D eigenvalue weighted by Crippen LogP contribution is 2.25. The highest BCUT2D eigenvalue weighted by molar-refractivity contribution is 5.84. The molecule has 0 fully saturated rings. The van der Waals surface area contributed by atoms with E-state index >= 15 is 0 Å². The monoisotopic (exact) mass is 363 g/mol. The Labute approximate surface area is 162 Å². The van der Waals surface area contributed by atoms with E-state index in [0.717, 1.165) is 43.2 Å². The number of hydrogen-bond donors (Lipinski definition) is 1. The van der Waals surface area contributed by atoms with Crippen LogP contribution in [-0.4, -0.2) is 20.3 Å². The number of methoxy groups -OCH3 is 1. The summed E-state index contributed by atoms with van der Waals surface area (Å²) in [6.07, 6.45) is 2.25. The Morgan fingerprint density at radius 3 is 2.33 bits per heavy atom. The van der Waals surface area contributed by atoms with E-state index in [-0.39, 0.29) is 0 Å². The van der Waals surface area contributed by atoms with Gasteiger partial charge in [-0.3, -0.25) is 0 Å². The van der Waals surface area contributed by atoms with Crippen molar-refractivity contribution in [2.45, 2.75) is 32.6 Å². The molecule has 1 atom stereocenters. The zero-order valence-corrected chi connectivity index (χ0v) is 16.5. The van der Waals surface area contributed by atoms with Crippen LogP contribution in [0.15, 0.2) is 60.7 Å². The molecule has 3 aromatic rings. The second-order valence-corrected chi connectivity index (χ2v) is 6.98. The van der Waals surface area contributed by atoms with Crippen molar-refractivity contribution in [3.63, 3.8) is 0 Å². The van der Waals surface area contributed by atoms with Crippen LogP contribution in [-0.2, 0) is 0 Å². The number of unbranched alkanes of at least 4 members (excludes halogenated alkanes) is 1. The summed E-state index contributed by atoms with van der Waals surface area (Å²) < 4.78 is 11.0. The van der Waals surface area contributed by atoms with Gasteiger partial charge in [0.15, 0.2) is 0 Å². The first-order chi connectivity index (χ1) is 13.2. The summed E-state index contributed by atoms with van der Waals surface area (Å²) in [5, 5.41) is 5.98. The first kappa shape index (κ1) is 19.1. The van der Waals surface area contributed by atoms with E-state index in [4.69, 9.17) is 9.47 Å². The van der Waals surface area contributed by atoms with Crippen molar-refractivity contribution < 1.29 is 9.47 Å². The van der Waals surface area contributed by atoms with Gasteiger partial charge in [0.2, 0.25) is 0 Å². The minimum absolute atomic E-state index is 0.414. The van der Waals surface area contributed by atoms with Gasteiger partial charge in [0.25, 0.3) is 0 Å². The second-order valence-electron chi connectivity index (χ2n) is 6.98. The third-order valence-corrected chi connectivity index (χ3v) is 4.87. The number of fused-ring (bicyclic) bond motifs is 1. The van der Waals surface area contributed by atoms with Crippen molar-refractivity contribution in [2.75, 3.05) is 25.6 Å². The average molecular weight is 364 g/mol. The van der Waals surface area contributed by atoms with Gasteiger partial charge in [0, 0.05) is 12.2 Å². The molecule has 1 N–H and O–H groups in total. The first-order valence-electron chi connectivity index (χ1n) is 9.74. The predicted octanol–water partition coefficient (Wildman–Crippen LogP) is 6.24. The van der Waals surface area contributed by atoms with Gasteiger partial charge >= 0.3 is 0 Å². The molecule has 3 heteroatoms. The van der Waals surface area contributed by atoms with Crippen LogP contribution in [0.25, 0.3) is 10.8 Å². The molecule has 0 aromatic heterocycles. The summed E-state index contributed by atoms with van der Waals surface area (Å²) in [5.74, 6) is 2.25. The Balaban J connectivity index is 1.58. The summed E-state index contributed by atoms with van der Waals surface area (Å²) in [5.41, 5.74) is 2.45. The lowest BCUT2D eigenvalue weighted by Crippen LogP contribution is -2.09. The molecule has 3 rings (SSSR count). The molecule has 0 aliphatic heterocycles. The average Bonchev–Trinajstić information content (AvgIpc) is 2.72. The summed E-state index contributed by atoms with van der Waals surface area (Å²) >= 11 is 0. The maximum Gasteiger partial charge on any atom is 0.119 e. The Hall–Kier alpha value is -2.68. The maximum atomic E-state index is 5.72. The lowest BCUT2D eigenvalue weighted by atomic mass is 9.97. The molecule has 0 aliphatic rings. The van der Waals surface area contributed by atoms with Gasteiger partial charge in [-0.1, -0.05) is 44.5 Å². The van der Waals surface area contributed by atoms with Gasteiger partial charge < -0.3 is 14.8 Å². The highest BCUT2D eigenvalue weighted by Gasteiger charge is 2.07. The van der Waals surface area contributed by atoms with Gasteiger partial charge in [-0.2, -0.15) is 0 Å². The fourth-order valence-corrected chi connectivity index (χ4v) is 3.07. The molecule has 0 bridgehead atoms. The quantitative estimate of drug-likeness (QED) is 0.456. The summed E-state index contributed by atoms with van der Waals surface area (Å²) in [6.45, 7) is 6.09. The molecule has 0 spiro atoms. The van der Waals surface area contributed by atoms with E-state index in [1.165, 1.54) is 16.3 Å². The van der Waals surface area contributed by atoms with Crippen molar-refractivity contribution in [1.82, 2.24) is 0 Å². The van der Waals surface area contributed by atoms with E-state index in [0.29, 0.717) is 5.92 Å². The van der Waals surface area contributed by atoms with Crippen LogP contribution in [0.1, 0.15) is 38.2 Å². The Bertz CT molecular complexity index is 858. The van der Waals surface area contributed by atoms with E-state index in [9.17, 15) is 0 Å². The van der Waals surface area contributed by atoms with Crippen LogP contribution >= 0.6 is 0 Å². The molecule has 0 amide bonds. The van der Waals surface area contributed by atoms with E-state index in [1.807, 2.05) is 18.2 Å². The lowest BCUT2D eigenvalue weighted by molar-refractivity contribution is 0.309. The maximum absolute atomic E-state index is 5.72. The Kier molecular flexibility index (Phi) is 6.59. The van der Waals surface area contributed by atoms with Crippen molar-refractivity contribution in [3.05, 3.63) is 66.2 Å². The van der Waals surface area contributed by atoms with Crippen LogP contribution in [0.2, 0.25) is 0 Å². The molecule has 0 aliphatic carbocycles. The van der Waals surface area contributed by atoms with Crippen molar-refractivity contribution >= 4 is 16.5 Å². The molecule has 0 heterocycles. The highest BCUT2D eigenvalue weighted by atomic mass is 16.5. The summed E-state index contributed by atoms with van der Waals surface area (Å²) in [4.78, 5) is 0. The number of nitrogens with one attached hydrogen (secondary N) is 1. The number of ether oxygens (including phenoxy) is 2. The number of rotatable bonds is 9. The van der Waals surface area contributed by atoms with Gasteiger partial charge in [0.05, 0.1) is 13.7 Å². The van der Waals surface area contributed by atoms with Crippen LogP contribution in [0.5, 0.6) is 11.5 Å². The zero-order chi connectivity index (χ0) is 19.1. The van der Waals surface area contributed by atoms with Gasteiger partial charge in [-0.15, -0.1) is 0 Å². The molecule has 27 heavy (non-hydrogen) atoms. The fourth-order valence-electron chi connectivity index (χ4n) is 3.07. The molecule has 3 aromatic carbocycles. The molecule has 142 valence electrons. The number of benzene rings is 3. The number of hydrogen-bond acceptors (Lipinski definition) is 3. The lowest BCUT2D eigenvalue weighted by Gasteiger charge is -2.15. The number of anilines is 1. The van der Waals surface area contributed by atoms with E-state index in [2.05, 4.69) is 61.6 Å². The molecule has 1 unspecified atom stereocenters. The molecule has 0 radical (unpaired) electrons. The van der Waals surface area contributed by atoms with Crippen LogP contribution < -0.4 is 14.8 Å². The van der Waals surface area contributed by atoms with E-state index < -0.39 is 0 Å². The zero-order valence-electron chi connectivity index (χ0n) is 16.5. The second kappa shape index (κ2) is 9.31. The van der Waals surface area contributed by atoms with Crippen molar-refractivity contribution in [1.29, 1.82) is 0 Å². The van der Waals surface area contributed by atoms with Gasteiger partial charge in [-0.25, -0.2) is 0 Å². The minimum Gasteiger partial charge on any atom is -0.497 e. The van der Waals surface area contributed by atoms with E-state index in [1.54, 1.807) is 7.11 Å². The third kappa shape index (κ3) is 5.16. The van der Waals surface area contributed by atoms with Crippen LogP contribution in [0.4, 0.5) is 5.69 Å². The summed E-state index contributed by atoms with van der Waals surface area (Å²) in [7, 11) is 1.70. The van der Waals surface area contributed by atoms with Crippen molar-refractivity contribution in [3.8, 4) is 11.5 Å². The van der Waals surface area contributed by atoms with Gasteiger partial charge in [-0.05, 0) is 65.1 Å². The predicted molar refractivity (Wildman–Crippen MR) is 114 cm³/mol. The SMILES string of the molecule is CCCCOc1ccc(NCC(C)c2ccc3cc(OC)ccc3c2)cc1. The smallest absolute Gasteiger partial charge is 0.119 e. The normalized spacial score (nSPS) is 12.0. The fraction of sp³-hybridized carbons (Fsp3) is 0.333. The topological polar surface area (TPSA) is 30.5 Å². The molecule has 0 saturated heterocycles. The molecule has 0 saturated carbocycles. The van der Waals surface area contributed by atoms with Crippen LogP contribution in [0, 0.1) is 0 Å². The van der Waals surface area contributed by atoms with Crippen LogP contribution in [0.3, 0.4) is 0 Å². The van der Waals surface area contributed by atoms with Gasteiger partial charge in [0.1, 0.15) is 11.5 Å². The Morgan fingerprint density at radius 2 is 1.59 bits per heavy atom. The minimum atomic E-state index is 0.414. The molecular weight excluding hydrogens is 334 g/mol. The largest absolute Gasteiger partial charge is 0.497 e. The third-order valence-electron chi connectivity index (χ3n) is 4.87. The molecular formula is C24H29NO2. The summed E-state index contributed by atoms with van der Waals surface area (Å²) in [6, 6.07) is 21.1. The Morgan fingerprint density at radius 1 is 0.889 bits per heavy atom. The molecule has 3 nitrogen and oxygen atoms in total. The first-order valence-corrected chi connectivity index (χ1v) is 9.74.